The molecule has 0 spiro atoms. The highest BCUT2D eigenvalue weighted by Crippen LogP contribution is 2.14. The number of sulfone groups is 1. The van der Waals surface area contributed by atoms with Crippen LogP contribution in [-0.4, -0.2) is 33.2 Å². The minimum atomic E-state index is -3.30. The minimum absolute atomic E-state index is 0.151. The third kappa shape index (κ3) is 4.42. The molecule has 0 saturated carbocycles. The van der Waals surface area contributed by atoms with Gasteiger partial charge >= 0.3 is 5.97 Å². The van der Waals surface area contributed by atoms with Gasteiger partial charge in [0.1, 0.15) is 0 Å². The predicted octanol–water partition coefficient (Wildman–Crippen LogP) is 2.52. The Labute approximate surface area is 140 Å². The van der Waals surface area contributed by atoms with E-state index in [2.05, 4.69) is 5.32 Å². The maximum Gasteiger partial charge on any atom is 0.338 e. The normalized spacial score (nSPS) is 10.9. The number of anilines is 1. The minimum Gasteiger partial charge on any atom is -0.462 e. The molecule has 0 unspecified atom stereocenters. The summed E-state index contributed by atoms with van der Waals surface area (Å²) in [6.07, 6.45) is 1.10. The lowest BCUT2D eigenvalue weighted by molar-refractivity contribution is 0.0526. The van der Waals surface area contributed by atoms with Gasteiger partial charge in [0.15, 0.2) is 9.84 Å². The van der Waals surface area contributed by atoms with Crippen LogP contribution in [0.4, 0.5) is 5.69 Å². The molecule has 7 heteroatoms. The Hall–Kier alpha value is -2.67. The average Bonchev–Trinajstić information content (AvgIpc) is 2.55. The van der Waals surface area contributed by atoms with Crippen molar-refractivity contribution in [2.75, 3.05) is 18.2 Å². The number of ether oxygens (including phenoxy) is 1. The monoisotopic (exact) mass is 347 g/mol. The number of nitrogens with one attached hydrogen (secondary N) is 1. The predicted molar refractivity (Wildman–Crippen MR) is 89.9 cm³/mol. The summed E-state index contributed by atoms with van der Waals surface area (Å²) in [5.74, 6) is -0.800. The number of hydrogen-bond donors (Lipinski definition) is 1. The number of benzene rings is 2. The lowest BCUT2D eigenvalue weighted by atomic mass is 10.2. The largest absolute Gasteiger partial charge is 0.462 e. The van der Waals surface area contributed by atoms with Crippen molar-refractivity contribution in [1.29, 1.82) is 0 Å². The number of rotatable bonds is 5. The summed E-state index contributed by atoms with van der Waals surface area (Å²) in [5.41, 5.74) is 1.24. The van der Waals surface area contributed by atoms with Gasteiger partial charge in [0.2, 0.25) is 0 Å². The molecule has 0 aliphatic rings. The van der Waals surface area contributed by atoms with Gasteiger partial charge < -0.3 is 10.1 Å². The third-order valence-corrected chi connectivity index (χ3v) is 4.33. The topological polar surface area (TPSA) is 89.5 Å². The van der Waals surface area contributed by atoms with Crippen molar-refractivity contribution in [3.8, 4) is 0 Å². The van der Waals surface area contributed by atoms with E-state index in [1.165, 1.54) is 24.3 Å². The zero-order valence-corrected chi connectivity index (χ0v) is 14.1. The Morgan fingerprint density at radius 1 is 0.958 bits per heavy atom. The highest BCUT2D eigenvalue weighted by atomic mass is 32.2. The van der Waals surface area contributed by atoms with Gasteiger partial charge in [-0.25, -0.2) is 13.2 Å². The number of carbonyl (C=O) groups excluding carboxylic acids is 2. The van der Waals surface area contributed by atoms with Crippen LogP contribution in [0.5, 0.6) is 0 Å². The van der Waals surface area contributed by atoms with E-state index in [9.17, 15) is 18.0 Å². The molecule has 126 valence electrons. The summed E-state index contributed by atoms with van der Waals surface area (Å²) < 4.78 is 27.7. The van der Waals surface area contributed by atoms with Crippen LogP contribution in [0.3, 0.4) is 0 Å². The molecular weight excluding hydrogens is 330 g/mol. The van der Waals surface area contributed by atoms with E-state index in [0.717, 1.165) is 6.26 Å². The summed E-state index contributed by atoms with van der Waals surface area (Å²) in [7, 11) is -3.30. The highest BCUT2D eigenvalue weighted by molar-refractivity contribution is 7.90. The Kier molecular flexibility index (Phi) is 5.35. The summed E-state index contributed by atoms with van der Waals surface area (Å²) in [6.45, 7) is 2.02. The smallest absolute Gasteiger partial charge is 0.338 e. The fraction of sp³-hybridized carbons (Fsp3) is 0.176. The first-order valence-electron chi connectivity index (χ1n) is 7.20. The van der Waals surface area contributed by atoms with Crippen LogP contribution in [-0.2, 0) is 14.6 Å². The van der Waals surface area contributed by atoms with Crippen LogP contribution < -0.4 is 5.32 Å². The second-order valence-corrected chi connectivity index (χ2v) is 7.06. The average molecular weight is 347 g/mol. The third-order valence-electron chi connectivity index (χ3n) is 3.20. The number of esters is 1. The molecule has 1 amide bonds. The van der Waals surface area contributed by atoms with Gasteiger partial charge in [0.05, 0.1) is 17.1 Å². The highest BCUT2D eigenvalue weighted by Gasteiger charge is 2.11. The van der Waals surface area contributed by atoms with Crippen LogP contribution in [0.25, 0.3) is 0 Å². The van der Waals surface area contributed by atoms with E-state index in [-0.39, 0.29) is 10.8 Å². The lowest BCUT2D eigenvalue weighted by Crippen LogP contribution is -2.12. The number of amides is 1. The van der Waals surface area contributed by atoms with Gasteiger partial charge in [-0.05, 0) is 55.5 Å². The molecule has 0 atom stereocenters. The summed E-state index contributed by atoms with van der Waals surface area (Å²) in [6, 6.07) is 11.9. The van der Waals surface area contributed by atoms with Gasteiger partial charge in [-0.2, -0.15) is 0 Å². The Bertz CT molecular complexity index is 840. The SMILES string of the molecule is CCOC(=O)c1ccc(NC(=O)c2ccc(S(C)(=O)=O)cc2)cc1. The van der Waals surface area contributed by atoms with Crippen LogP contribution >= 0.6 is 0 Å². The van der Waals surface area contributed by atoms with Gasteiger partial charge in [-0.1, -0.05) is 0 Å². The summed E-state index contributed by atoms with van der Waals surface area (Å²) in [4.78, 5) is 23.8. The lowest BCUT2D eigenvalue weighted by Gasteiger charge is -2.07. The zero-order valence-electron chi connectivity index (χ0n) is 13.3. The van der Waals surface area contributed by atoms with Crippen LogP contribution in [0.15, 0.2) is 53.4 Å². The van der Waals surface area contributed by atoms with Crippen molar-refractivity contribution < 1.29 is 22.7 Å². The molecule has 2 aromatic carbocycles. The quantitative estimate of drug-likeness (QED) is 0.840. The van der Waals surface area contributed by atoms with Crippen molar-refractivity contribution in [3.05, 3.63) is 59.7 Å². The first-order chi connectivity index (χ1) is 11.3. The molecule has 0 aromatic heterocycles. The van der Waals surface area contributed by atoms with E-state index in [0.29, 0.717) is 23.4 Å². The fourth-order valence-corrected chi connectivity index (χ4v) is 2.59. The Morgan fingerprint density at radius 3 is 2.00 bits per heavy atom. The van der Waals surface area contributed by atoms with E-state index in [4.69, 9.17) is 4.74 Å². The zero-order chi connectivity index (χ0) is 17.7. The maximum atomic E-state index is 12.1. The molecule has 2 rings (SSSR count). The molecule has 2 aromatic rings. The van der Waals surface area contributed by atoms with E-state index < -0.39 is 15.8 Å². The fourth-order valence-electron chi connectivity index (χ4n) is 1.96. The molecular formula is C17H17NO5S. The van der Waals surface area contributed by atoms with Crippen LogP contribution in [0, 0.1) is 0 Å². The molecule has 1 N–H and O–H groups in total. The van der Waals surface area contributed by atoms with Gasteiger partial charge in [0, 0.05) is 17.5 Å². The van der Waals surface area contributed by atoms with Gasteiger partial charge in [0.25, 0.3) is 5.91 Å². The second kappa shape index (κ2) is 7.27. The molecule has 0 bridgehead atoms. The molecule has 0 radical (unpaired) electrons. The first kappa shape index (κ1) is 17.7. The van der Waals surface area contributed by atoms with Crippen molar-refractivity contribution >= 4 is 27.4 Å². The van der Waals surface area contributed by atoms with Crippen molar-refractivity contribution in [1.82, 2.24) is 0 Å². The molecule has 6 nitrogen and oxygen atoms in total. The molecule has 0 aliphatic heterocycles. The van der Waals surface area contributed by atoms with Crippen LogP contribution in [0.1, 0.15) is 27.6 Å². The number of hydrogen-bond acceptors (Lipinski definition) is 5. The van der Waals surface area contributed by atoms with Crippen molar-refractivity contribution in [2.45, 2.75) is 11.8 Å². The Morgan fingerprint density at radius 2 is 1.50 bits per heavy atom. The molecule has 0 heterocycles. The van der Waals surface area contributed by atoms with Crippen molar-refractivity contribution in [3.63, 3.8) is 0 Å². The molecule has 24 heavy (non-hydrogen) atoms. The first-order valence-corrected chi connectivity index (χ1v) is 9.09. The number of carbonyl (C=O) groups is 2. The van der Waals surface area contributed by atoms with E-state index in [1.807, 2.05) is 0 Å². The standard InChI is InChI=1S/C17H17NO5S/c1-3-23-17(20)13-4-8-14(9-5-13)18-16(19)12-6-10-15(11-7-12)24(2,21)22/h4-11H,3H2,1-2H3,(H,18,19). The Balaban J connectivity index is 2.08. The molecule has 0 aliphatic carbocycles. The van der Waals surface area contributed by atoms with E-state index >= 15 is 0 Å². The van der Waals surface area contributed by atoms with Gasteiger partial charge in [-0.15, -0.1) is 0 Å². The molecule has 0 fully saturated rings. The molecule has 0 saturated heterocycles. The van der Waals surface area contributed by atoms with Crippen molar-refractivity contribution in [2.24, 2.45) is 0 Å². The van der Waals surface area contributed by atoms with E-state index in [1.54, 1.807) is 31.2 Å². The van der Waals surface area contributed by atoms with Crippen LogP contribution in [0.2, 0.25) is 0 Å². The second-order valence-electron chi connectivity index (χ2n) is 5.05. The van der Waals surface area contributed by atoms with Gasteiger partial charge in [-0.3, -0.25) is 4.79 Å². The summed E-state index contributed by atoms with van der Waals surface area (Å²) >= 11 is 0. The maximum absolute atomic E-state index is 12.1. The summed E-state index contributed by atoms with van der Waals surface area (Å²) in [5, 5.41) is 2.67.